The predicted octanol–water partition coefficient (Wildman–Crippen LogP) is 3.57. The summed E-state index contributed by atoms with van der Waals surface area (Å²) in [5.74, 6) is -3.16. The lowest BCUT2D eigenvalue weighted by molar-refractivity contribution is -0.146. The number of carbonyl (C=O) groups excluding carboxylic acids is 1. The largest absolute Gasteiger partial charge is 0.475 e. The minimum Gasteiger partial charge on any atom is -0.475 e. The molecule has 118 valence electrons. The third kappa shape index (κ3) is 3.20. The Morgan fingerprint density at radius 1 is 1.00 bits per heavy atom. The summed E-state index contributed by atoms with van der Waals surface area (Å²) >= 11 is 0. The molecule has 0 aliphatic carbocycles. The third-order valence-corrected chi connectivity index (χ3v) is 3.47. The SMILES string of the molecule is O=C(O)C(=O)C(=Cc1cccc(F)c1)c1ccc2ccccc2n1. The standard InChI is InChI=1S/C19H12FNO3/c20-14-6-3-4-12(10-14)11-15(18(22)19(23)24)17-9-8-13-5-1-2-7-16(13)21-17/h1-11H,(H,23,24). The van der Waals surface area contributed by atoms with Crippen LogP contribution in [0.25, 0.3) is 22.6 Å². The fourth-order valence-electron chi connectivity index (χ4n) is 2.35. The van der Waals surface area contributed by atoms with Crippen LogP contribution in [0.2, 0.25) is 0 Å². The molecule has 0 aliphatic heterocycles. The number of nitrogens with zero attached hydrogens (tertiary/aromatic N) is 1. The number of rotatable bonds is 4. The number of Topliss-reactive ketones (excluding diaryl/α,β-unsaturated/α-hetero) is 1. The number of fused-ring (bicyclic) bond motifs is 1. The van der Waals surface area contributed by atoms with Crippen LogP contribution < -0.4 is 0 Å². The smallest absolute Gasteiger partial charge is 0.377 e. The van der Waals surface area contributed by atoms with Crippen molar-refractivity contribution in [2.24, 2.45) is 0 Å². The topological polar surface area (TPSA) is 67.3 Å². The van der Waals surface area contributed by atoms with E-state index < -0.39 is 17.6 Å². The van der Waals surface area contributed by atoms with Gasteiger partial charge in [-0.05, 0) is 35.9 Å². The molecule has 0 radical (unpaired) electrons. The highest BCUT2D eigenvalue weighted by atomic mass is 19.1. The van der Waals surface area contributed by atoms with Crippen molar-refractivity contribution in [1.82, 2.24) is 4.98 Å². The summed E-state index contributed by atoms with van der Waals surface area (Å²) in [6, 6.07) is 16.2. The summed E-state index contributed by atoms with van der Waals surface area (Å²) in [6.07, 6.45) is 1.33. The van der Waals surface area contributed by atoms with Crippen LogP contribution in [0.1, 0.15) is 11.3 Å². The highest BCUT2D eigenvalue weighted by molar-refractivity contribution is 6.52. The second kappa shape index (κ2) is 6.42. The van der Waals surface area contributed by atoms with E-state index in [1.165, 1.54) is 24.3 Å². The molecule has 0 amide bonds. The summed E-state index contributed by atoms with van der Waals surface area (Å²) in [5.41, 5.74) is 1.15. The van der Waals surface area contributed by atoms with Gasteiger partial charge in [-0.1, -0.05) is 36.4 Å². The van der Waals surface area contributed by atoms with E-state index in [-0.39, 0.29) is 11.3 Å². The lowest BCUT2D eigenvalue weighted by Gasteiger charge is -2.06. The molecule has 0 bridgehead atoms. The summed E-state index contributed by atoms with van der Waals surface area (Å²) in [5, 5.41) is 9.94. The van der Waals surface area contributed by atoms with Crippen LogP contribution >= 0.6 is 0 Å². The van der Waals surface area contributed by atoms with Crippen molar-refractivity contribution in [1.29, 1.82) is 0 Å². The van der Waals surface area contributed by atoms with E-state index in [1.54, 1.807) is 30.3 Å². The van der Waals surface area contributed by atoms with E-state index >= 15 is 0 Å². The summed E-state index contributed by atoms with van der Waals surface area (Å²) < 4.78 is 13.3. The van der Waals surface area contributed by atoms with Crippen molar-refractivity contribution in [3.63, 3.8) is 0 Å². The monoisotopic (exact) mass is 321 g/mol. The number of para-hydroxylation sites is 1. The number of benzene rings is 2. The second-order valence-electron chi connectivity index (χ2n) is 5.14. The minimum atomic E-state index is -1.59. The Bertz CT molecular complexity index is 979. The van der Waals surface area contributed by atoms with Gasteiger partial charge in [0, 0.05) is 5.39 Å². The molecule has 2 aromatic carbocycles. The molecule has 3 aromatic rings. The molecule has 0 spiro atoms. The first-order valence-corrected chi connectivity index (χ1v) is 7.15. The van der Waals surface area contributed by atoms with Gasteiger partial charge in [-0.2, -0.15) is 0 Å². The van der Waals surface area contributed by atoms with E-state index in [0.717, 1.165) is 5.39 Å². The molecule has 1 heterocycles. The van der Waals surface area contributed by atoms with Crippen LogP contribution in [0, 0.1) is 5.82 Å². The number of carboxylic acid groups (broad SMARTS) is 1. The van der Waals surface area contributed by atoms with Gasteiger partial charge in [0.15, 0.2) is 0 Å². The average Bonchev–Trinajstić information content (AvgIpc) is 2.58. The fraction of sp³-hybridized carbons (Fsp3) is 0. The van der Waals surface area contributed by atoms with Gasteiger partial charge in [0.2, 0.25) is 0 Å². The molecule has 3 rings (SSSR count). The van der Waals surface area contributed by atoms with Gasteiger partial charge in [0.25, 0.3) is 5.78 Å². The van der Waals surface area contributed by atoms with E-state index in [9.17, 15) is 14.0 Å². The number of halogens is 1. The van der Waals surface area contributed by atoms with Crippen molar-refractivity contribution >= 4 is 34.3 Å². The third-order valence-electron chi connectivity index (χ3n) is 3.47. The number of aromatic nitrogens is 1. The van der Waals surface area contributed by atoms with Crippen molar-refractivity contribution in [3.8, 4) is 0 Å². The Kier molecular flexibility index (Phi) is 4.16. The van der Waals surface area contributed by atoms with Gasteiger partial charge in [-0.15, -0.1) is 0 Å². The van der Waals surface area contributed by atoms with Crippen molar-refractivity contribution in [2.75, 3.05) is 0 Å². The van der Waals surface area contributed by atoms with Crippen LogP contribution in [0.4, 0.5) is 4.39 Å². The summed E-state index contributed by atoms with van der Waals surface area (Å²) in [4.78, 5) is 27.6. The van der Waals surface area contributed by atoms with E-state index in [2.05, 4.69) is 4.98 Å². The molecular weight excluding hydrogens is 309 g/mol. The van der Waals surface area contributed by atoms with Gasteiger partial charge in [0.1, 0.15) is 5.82 Å². The van der Waals surface area contributed by atoms with Crippen molar-refractivity contribution in [2.45, 2.75) is 0 Å². The average molecular weight is 321 g/mol. The Morgan fingerprint density at radius 3 is 2.54 bits per heavy atom. The molecule has 0 saturated heterocycles. The Hall–Kier alpha value is -3.34. The maximum absolute atomic E-state index is 13.3. The van der Waals surface area contributed by atoms with E-state index in [4.69, 9.17) is 5.11 Å². The van der Waals surface area contributed by atoms with Crippen LogP contribution in [0.5, 0.6) is 0 Å². The molecule has 24 heavy (non-hydrogen) atoms. The summed E-state index contributed by atoms with van der Waals surface area (Å²) in [7, 11) is 0. The molecular formula is C19H12FNO3. The maximum Gasteiger partial charge on any atom is 0.377 e. The summed E-state index contributed by atoms with van der Waals surface area (Å²) in [6.45, 7) is 0. The number of pyridine rings is 1. The van der Waals surface area contributed by atoms with Gasteiger partial charge >= 0.3 is 5.97 Å². The fourth-order valence-corrected chi connectivity index (χ4v) is 2.35. The highest BCUT2D eigenvalue weighted by Gasteiger charge is 2.21. The number of hydrogen-bond acceptors (Lipinski definition) is 3. The van der Waals surface area contributed by atoms with Crippen LogP contribution in [-0.2, 0) is 9.59 Å². The molecule has 0 fully saturated rings. The zero-order valence-corrected chi connectivity index (χ0v) is 12.4. The highest BCUT2D eigenvalue weighted by Crippen LogP contribution is 2.21. The van der Waals surface area contributed by atoms with Crippen molar-refractivity contribution < 1.29 is 19.1 Å². The molecule has 5 heteroatoms. The quantitative estimate of drug-likeness (QED) is 0.589. The first kappa shape index (κ1) is 15.6. The number of aliphatic carboxylic acids is 1. The molecule has 4 nitrogen and oxygen atoms in total. The van der Waals surface area contributed by atoms with E-state index in [1.807, 2.05) is 12.1 Å². The lowest BCUT2D eigenvalue weighted by Crippen LogP contribution is -2.15. The number of ketones is 1. The predicted molar refractivity (Wildman–Crippen MR) is 88.7 cm³/mol. The molecule has 0 aliphatic rings. The zero-order chi connectivity index (χ0) is 17.1. The molecule has 0 unspecified atom stereocenters. The molecule has 1 aromatic heterocycles. The number of carbonyl (C=O) groups is 2. The van der Waals surface area contributed by atoms with Crippen molar-refractivity contribution in [3.05, 3.63) is 77.7 Å². The normalized spacial score (nSPS) is 11.5. The van der Waals surface area contributed by atoms with Gasteiger partial charge in [-0.25, -0.2) is 14.2 Å². The van der Waals surface area contributed by atoms with Crippen LogP contribution in [0.3, 0.4) is 0 Å². The Morgan fingerprint density at radius 2 is 1.79 bits per heavy atom. The zero-order valence-electron chi connectivity index (χ0n) is 12.4. The second-order valence-corrected chi connectivity index (χ2v) is 5.14. The Balaban J connectivity index is 2.16. The molecule has 0 saturated carbocycles. The minimum absolute atomic E-state index is 0.0983. The van der Waals surface area contributed by atoms with Gasteiger partial charge in [0.05, 0.1) is 16.8 Å². The van der Waals surface area contributed by atoms with E-state index in [0.29, 0.717) is 11.1 Å². The van der Waals surface area contributed by atoms with Crippen LogP contribution in [0.15, 0.2) is 60.7 Å². The maximum atomic E-state index is 13.3. The first-order valence-electron chi connectivity index (χ1n) is 7.15. The van der Waals surface area contributed by atoms with Gasteiger partial charge < -0.3 is 5.11 Å². The molecule has 1 N–H and O–H groups in total. The first-order chi connectivity index (χ1) is 11.5. The number of carboxylic acids is 1. The van der Waals surface area contributed by atoms with Crippen LogP contribution in [-0.4, -0.2) is 21.8 Å². The number of hydrogen-bond donors (Lipinski definition) is 1. The Labute approximate surface area is 136 Å². The van der Waals surface area contributed by atoms with Gasteiger partial charge in [-0.3, -0.25) is 4.79 Å². The lowest BCUT2D eigenvalue weighted by atomic mass is 10.0. The molecule has 0 atom stereocenters.